The smallest absolute Gasteiger partial charge is 0.335 e. The van der Waals surface area contributed by atoms with Crippen LogP contribution in [-0.4, -0.2) is 35.3 Å². The van der Waals surface area contributed by atoms with Crippen molar-refractivity contribution in [3.8, 4) is 0 Å². The topological polar surface area (TPSA) is 93.1 Å². The van der Waals surface area contributed by atoms with Gasteiger partial charge in [-0.15, -0.1) is 0 Å². The first-order valence-electron chi connectivity index (χ1n) is 7.22. The van der Waals surface area contributed by atoms with Crippen LogP contribution in [0.3, 0.4) is 0 Å². The maximum Gasteiger partial charge on any atom is 0.335 e. The van der Waals surface area contributed by atoms with E-state index >= 15 is 0 Å². The standard InChI is InChI=1S/C14H28O6P2/c1-5-20-21(15,12-22(16,17)18)11-19-10-9-14(4)8-6-7-13(2)3/h7,9H,5-6,8,10-12H2,1-4H3,(H2,16,17,18)/b14-9+. The van der Waals surface area contributed by atoms with E-state index in [-0.39, 0.29) is 19.6 Å². The normalized spacial score (nSPS) is 15.5. The Labute approximate surface area is 133 Å². The average Bonchev–Trinajstić information content (AvgIpc) is 2.32. The van der Waals surface area contributed by atoms with Crippen molar-refractivity contribution in [2.75, 3.05) is 25.5 Å². The second-order valence-electron chi connectivity index (χ2n) is 5.41. The zero-order chi connectivity index (χ0) is 17.2. The minimum absolute atomic E-state index is 0.123. The summed E-state index contributed by atoms with van der Waals surface area (Å²) in [4.78, 5) is 17.9. The third-order valence-corrected chi connectivity index (χ3v) is 7.20. The van der Waals surface area contributed by atoms with Gasteiger partial charge in [0.2, 0.25) is 7.37 Å². The number of hydrogen-bond donors (Lipinski definition) is 2. The van der Waals surface area contributed by atoms with Crippen molar-refractivity contribution >= 4 is 15.0 Å². The summed E-state index contributed by atoms with van der Waals surface area (Å²) in [7, 11) is -7.86. The average molecular weight is 354 g/mol. The van der Waals surface area contributed by atoms with Gasteiger partial charge in [-0.1, -0.05) is 23.3 Å². The molecule has 0 saturated carbocycles. The van der Waals surface area contributed by atoms with Gasteiger partial charge in [0, 0.05) is 0 Å². The largest absolute Gasteiger partial charge is 0.367 e. The van der Waals surface area contributed by atoms with E-state index in [0.29, 0.717) is 0 Å². The summed E-state index contributed by atoms with van der Waals surface area (Å²) >= 11 is 0. The van der Waals surface area contributed by atoms with Crippen LogP contribution in [0.4, 0.5) is 0 Å². The van der Waals surface area contributed by atoms with Crippen molar-refractivity contribution in [3.05, 3.63) is 23.3 Å². The van der Waals surface area contributed by atoms with Gasteiger partial charge in [-0.3, -0.25) is 9.13 Å². The first-order valence-corrected chi connectivity index (χ1v) is 11.0. The van der Waals surface area contributed by atoms with E-state index in [0.717, 1.165) is 18.4 Å². The number of hydrogen-bond acceptors (Lipinski definition) is 4. The highest BCUT2D eigenvalue weighted by atomic mass is 31.2. The third kappa shape index (κ3) is 12.3. The Morgan fingerprint density at radius 1 is 1.14 bits per heavy atom. The van der Waals surface area contributed by atoms with E-state index in [1.165, 1.54) is 5.57 Å². The monoisotopic (exact) mass is 354 g/mol. The quantitative estimate of drug-likeness (QED) is 0.330. The maximum absolute atomic E-state index is 12.3. The van der Waals surface area contributed by atoms with Gasteiger partial charge in [0.05, 0.1) is 13.2 Å². The van der Waals surface area contributed by atoms with Gasteiger partial charge >= 0.3 is 7.60 Å². The van der Waals surface area contributed by atoms with Crippen molar-refractivity contribution in [2.24, 2.45) is 0 Å². The zero-order valence-electron chi connectivity index (χ0n) is 13.8. The molecule has 0 aliphatic heterocycles. The fraction of sp³-hybridized carbons (Fsp3) is 0.714. The summed E-state index contributed by atoms with van der Waals surface area (Å²) in [5.41, 5.74) is 2.43. The molecule has 0 fully saturated rings. The molecule has 22 heavy (non-hydrogen) atoms. The molecule has 0 aromatic carbocycles. The molecule has 0 bridgehead atoms. The van der Waals surface area contributed by atoms with Crippen molar-refractivity contribution in [1.82, 2.24) is 0 Å². The van der Waals surface area contributed by atoms with Crippen molar-refractivity contribution in [2.45, 2.75) is 40.5 Å². The van der Waals surface area contributed by atoms with Gasteiger partial charge in [-0.2, -0.15) is 0 Å². The van der Waals surface area contributed by atoms with Crippen LogP contribution in [0.5, 0.6) is 0 Å². The van der Waals surface area contributed by atoms with Gasteiger partial charge in [-0.25, -0.2) is 0 Å². The Kier molecular flexibility index (Phi) is 10.4. The van der Waals surface area contributed by atoms with Crippen LogP contribution >= 0.6 is 15.0 Å². The summed E-state index contributed by atoms with van der Waals surface area (Å²) in [5, 5.41) is 0. The van der Waals surface area contributed by atoms with Gasteiger partial charge in [0.25, 0.3) is 0 Å². The lowest BCUT2D eigenvalue weighted by molar-refractivity contribution is 0.190. The molecule has 130 valence electrons. The van der Waals surface area contributed by atoms with Crippen LogP contribution in [-0.2, 0) is 18.4 Å². The minimum atomic E-state index is -4.40. The van der Waals surface area contributed by atoms with E-state index < -0.39 is 20.9 Å². The molecule has 2 N–H and O–H groups in total. The fourth-order valence-corrected chi connectivity index (χ4v) is 5.55. The molecule has 0 aromatic rings. The highest BCUT2D eigenvalue weighted by Gasteiger charge is 2.32. The van der Waals surface area contributed by atoms with E-state index in [1.807, 2.05) is 13.0 Å². The molecule has 0 spiro atoms. The Hall–Kier alpha value is -0.220. The predicted octanol–water partition coefficient (Wildman–Crippen LogP) is 4.10. The lowest BCUT2D eigenvalue weighted by atomic mass is 10.1. The maximum atomic E-state index is 12.3. The molecule has 8 heteroatoms. The SMILES string of the molecule is CCOP(=O)(COC/C=C(\C)CCC=C(C)C)CP(=O)(O)O. The molecule has 0 saturated heterocycles. The van der Waals surface area contributed by atoms with E-state index in [1.54, 1.807) is 6.92 Å². The summed E-state index contributed by atoms with van der Waals surface area (Å²) in [6.45, 7) is 8.08. The zero-order valence-corrected chi connectivity index (χ0v) is 15.6. The summed E-state index contributed by atoms with van der Waals surface area (Å²) in [6, 6.07) is 0. The van der Waals surface area contributed by atoms with Crippen molar-refractivity contribution in [1.29, 1.82) is 0 Å². The molecule has 0 radical (unpaired) electrons. The number of rotatable bonds is 11. The minimum Gasteiger partial charge on any atom is -0.367 e. The van der Waals surface area contributed by atoms with E-state index in [2.05, 4.69) is 19.9 Å². The molecule has 1 unspecified atom stereocenters. The fourth-order valence-electron chi connectivity index (χ4n) is 1.72. The summed E-state index contributed by atoms with van der Waals surface area (Å²) in [5.74, 6) is -0.781. The Morgan fingerprint density at radius 2 is 1.77 bits per heavy atom. The molecule has 0 aliphatic carbocycles. The molecule has 1 atom stereocenters. The lowest BCUT2D eigenvalue weighted by Crippen LogP contribution is -2.04. The van der Waals surface area contributed by atoms with Crippen LogP contribution in [0.1, 0.15) is 40.5 Å². The molecular weight excluding hydrogens is 326 g/mol. The van der Waals surface area contributed by atoms with Crippen LogP contribution in [0.2, 0.25) is 0 Å². The third-order valence-electron chi connectivity index (χ3n) is 2.69. The molecule has 6 nitrogen and oxygen atoms in total. The highest BCUT2D eigenvalue weighted by Crippen LogP contribution is 2.58. The van der Waals surface area contributed by atoms with Gasteiger partial charge in [0.1, 0.15) is 12.3 Å². The van der Waals surface area contributed by atoms with Crippen LogP contribution in [0, 0.1) is 0 Å². The van der Waals surface area contributed by atoms with E-state index in [9.17, 15) is 9.13 Å². The lowest BCUT2D eigenvalue weighted by Gasteiger charge is -2.18. The molecule has 0 aromatic heterocycles. The molecule has 0 aliphatic rings. The molecule has 0 amide bonds. The second kappa shape index (κ2) is 10.5. The van der Waals surface area contributed by atoms with Crippen LogP contribution in [0.25, 0.3) is 0 Å². The first-order chi connectivity index (χ1) is 10.1. The van der Waals surface area contributed by atoms with Crippen molar-refractivity contribution < 1.29 is 28.2 Å². The van der Waals surface area contributed by atoms with Gasteiger partial charge < -0.3 is 19.0 Å². The van der Waals surface area contributed by atoms with Gasteiger partial charge in [-0.05, 0) is 40.5 Å². The Bertz CT molecular complexity index is 474. The van der Waals surface area contributed by atoms with E-state index in [4.69, 9.17) is 19.0 Å². The molecular formula is C14H28O6P2. The Morgan fingerprint density at radius 3 is 2.27 bits per heavy atom. The Balaban J connectivity index is 4.31. The second-order valence-corrected chi connectivity index (χ2v) is 10.0. The molecule has 0 rings (SSSR count). The first kappa shape index (κ1) is 21.8. The number of ether oxygens (including phenoxy) is 1. The summed E-state index contributed by atoms with van der Waals surface area (Å²) < 4.78 is 33.5. The van der Waals surface area contributed by atoms with Crippen LogP contribution < -0.4 is 0 Å². The summed E-state index contributed by atoms with van der Waals surface area (Å²) in [6.07, 6.45) is 5.62. The van der Waals surface area contributed by atoms with Gasteiger partial charge in [0.15, 0.2) is 0 Å². The van der Waals surface area contributed by atoms with Crippen molar-refractivity contribution in [3.63, 3.8) is 0 Å². The molecule has 0 heterocycles. The highest BCUT2D eigenvalue weighted by molar-refractivity contribution is 7.73. The van der Waals surface area contributed by atoms with Crippen LogP contribution in [0.15, 0.2) is 23.3 Å². The predicted molar refractivity (Wildman–Crippen MR) is 89.4 cm³/mol. The number of allylic oxidation sites excluding steroid dienone is 3.